The number of aryl methyl sites for hydroxylation is 1. The molecule has 0 fully saturated rings. The molecule has 0 aliphatic carbocycles. The molecule has 0 saturated carbocycles. The van der Waals surface area contributed by atoms with E-state index in [-0.39, 0.29) is 0 Å². The highest BCUT2D eigenvalue weighted by atomic mass is 16.5. The van der Waals surface area contributed by atoms with Gasteiger partial charge in [0.2, 0.25) is 0 Å². The number of carbonyl (C=O) groups is 1. The number of carboxylic acid groups (broad SMARTS) is 1. The van der Waals surface area contributed by atoms with E-state index in [1.165, 1.54) is 0 Å². The van der Waals surface area contributed by atoms with Crippen molar-refractivity contribution in [1.82, 2.24) is 0 Å². The third-order valence-corrected chi connectivity index (χ3v) is 2.63. The van der Waals surface area contributed by atoms with Crippen LogP contribution in [0.2, 0.25) is 0 Å². The Morgan fingerprint density at radius 3 is 2.76 bits per heavy atom. The van der Waals surface area contributed by atoms with Crippen LogP contribution in [0.15, 0.2) is 18.2 Å². The highest BCUT2D eigenvalue weighted by Crippen LogP contribution is 2.21. The number of nitrogens with two attached hydrogens (primary N) is 2. The van der Waals surface area contributed by atoms with Crippen LogP contribution in [0.3, 0.4) is 0 Å². The number of carboxylic acids is 1. The first kappa shape index (κ1) is 13.3. The lowest BCUT2D eigenvalue weighted by molar-refractivity contribution is -0.138. The van der Waals surface area contributed by atoms with Crippen molar-refractivity contribution in [2.24, 2.45) is 5.73 Å². The molecule has 5 nitrogen and oxygen atoms in total. The molecule has 1 aromatic rings. The molecule has 17 heavy (non-hydrogen) atoms. The lowest BCUT2D eigenvalue weighted by atomic mass is 10.0. The van der Waals surface area contributed by atoms with E-state index in [9.17, 15) is 4.79 Å². The van der Waals surface area contributed by atoms with Gasteiger partial charge in [-0.05, 0) is 30.9 Å². The number of aliphatic carboxylic acids is 1. The van der Waals surface area contributed by atoms with Crippen molar-refractivity contribution >= 4 is 11.7 Å². The predicted molar refractivity (Wildman–Crippen MR) is 66.0 cm³/mol. The Bertz CT molecular complexity index is 393. The summed E-state index contributed by atoms with van der Waals surface area (Å²) in [5, 5.41) is 8.64. The predicted octanol–water partition coefficient (Wildman–Crippen LogP) is 1.01. The molecule has 0 saturated heterocycles. The monoisotopic (exact) mass is 238 g/mol. The molecule has 1 atom stereocenters. The first-order valence-corrected chi connectivity index (χ1v) is 5.45. The van der Waals surface area contributed by atoms with Gasteiger partial charge in [0, 0.05) is 11.8 Å². The minimum Gasteiger partial charge on any atom is -0.497 e. The van der Waals surface area contributed by atoms with Gasteiger partial charge >= 0.3 is 5.97 Å². The Morgan fingerprint density at radius 1 is 1.53 bits per heavy atom. The van der Waals surface area contributed by atoms with E-state index >= 15 is 0 Å². The van der Waals surface area contributed by atoms with Crippen LogP contribution in [0, 0.1) is 0 Å². The van der Waals surface area contributed by atoms with Crippen LogP contribution in [0.1, 0.15) is 18.4 Å². The second-order valence-electron chi connectivity index (χ2n) is 3.90. The summed E-state index contributed by atoms with van der Waals surface area (Å²) in [6.45, 7) is 0. The molecule has 0 aromatic heterocycles. The smallest absolute Gasteiger partial charge is 0.320 e. The van der Waals surface area contributed by atoms with Crippen LogP contribution in [0.25, 0.3) is 0 Å². The van der Waals surface area contributed by atoms with Gasteiger partial charge < -0.3 is 21.3 Å². The highest BCUT2D eigenvalue weighted by molar-refractivity contribution is 5.72. The molecule has 0 radical (unpaired) electrons. The lowest BCUT2D eigenvalue weighted by Gasteiger charge is -2.09. The van der Waals surface area contributed by atoms with Crippen LogP contribution in [0.4, 0.5) is 5.69 Å². The molecule has 1 unspecified atom stereocenters. The van der Waals surface area contributed by atoms with Gasteiger partial charge in [-0.25, -0.2) is 0 Å². The molecular weight excluding hydrogens is 220 g/mol. The van der Waals surface area contributed by atoms with Crippen LogP contribution in [0.5, 0.6) is 5.75 Å². The minimum absolute atomic E-state index is 0.445. The van der Waals surface area contributed by atoms with E-state index in [2.05, 4.69) is 0 Å². The zero-order valence-electron chi connectivity index (χ0n) is 9.85. The number of anilines is 1. The Hall–Kier alpha value is -1.75. The third kappa shape index (κ3) is 3.96. The van der Waals surface area contributed by atoms with Crippen molar-refractivity contribution in [3.63, 3.8) is 0 Å². The van der Waals surface area contributed by atoms with Gasteiger partial charge in [-0.15, -0.1) is 0 Å². The first-order valence-electron chi connectivity index (χ1n) is 5.45. The Balaban J connectivity index is 2.49. The molecule has 0 spiro atoms. The van der Waals surface area contributed by atoms with Crippen molar-refractivity contribution < 1.29 is 14.6 Å². The number of hydrogen-bond donors (Lipinski definition) is 3. The maximum atomic E-state index is 10.5. The third-order valence-electron chi connectivity index (χ3n) is 2.63. The van der Waals surface area contributed by atoms with Gasteiger partial charge in [-0.1, -0.05) is 6.07 Å². The van der Waals surface area contributed by atoms with Crippen molar-refractivity contribution in [1.29, 1.82) is 0 Å². The summed E-state index contributed by atoms with van der Waals surface area (Å²) in [4.78, 5) is 10.5. The fraction of sp³-hybridized carbons (Fsp3) is 0.417. The summed E-state index contributed by atoms with van der Waals surface area (Å²) < 4.78 is 5.05. The van der Waals surface area contributed by atoms with Crippen molar-refractivity contribution in [2.75, 3.05) is 12.8 Å². The largest absolute Gasteiger partial charge is 0.497 e. The van der Waals surface area contributed by atoms with E-state index in [1.807, 2.05) is 12.1 Å². The van der Waals surface area contributed by atoms with Gasteiger partial charge in [0.05, 0.1) is 7.11 Å². The zero-order chi connectivity index (χ0) is 12.8. The Morgan fingerprint density at radius 2 is 2.24 bits per heavy atom. The van der Waals surface area contributed by atoms with Crippen LogP contribution in [-0.4, -0.2) is 24.2 Å². The molecule has 0 aliphatic rings. The number of benzene rings is 1. The number of rotatable bonds is 6. The average Bonchev–Trinajstić information content (AvgIpc) is 2.30. The van der Waals surface area contributed by atoms with Gasteiger partial charge in [-0.2, -0.15) is 0 Å². The first-order chi connectivity index (χ1) is 8.04. The van der Waals surface area contributed by atoms with Crippen LogP contribution in [-0.2, 0) is 11.2 Å². The van der Waals surface area contributed by atoms with Gasteiger partial charge in [0.1, 0.15) is 11.8 Å². The minimum atomic E-state index is -0.965. The molecule has 94 valence electrons. The summed E-state index contributed by atoms with van der Waals surface area (Å²) in [7, 11) is 1.58. The molecule has 5 heteroatoms. The Kier molecular flexibility index (Phi) is 4.78. The molecule has 0 heterocycles. The van der Waals surface area contributed by atoms with E-state index in [4.69, 9.17) is 21.3 Å². The summed E-state index contributed by atoms with van der Waals surface area (Å²) in [5.74, 6) is -0.249. The molecule has 1 aromatic carbocycles. The van der Waals surface area contributed by atoms with E-state index < -0.39 is 12.0 Å². The summed E-state index contributed by atoms with van der Waals surface area (Å²) >= 11 is 0. The van der Waals surface area contributed by atoms with Gasteiger partial charge in [0.25, 0.3) is 0 Å². The van der Waals surface area contributed by atoms with E-state index in [0.717, 1.165) is 12.0 Å². The molecular formula is C12H18N2O3. The molecule has 1 rings (SSSR count). The molecule has 0 aliphatic heterocycles. The fourth-order valence-corrected chi connectivity index (χ4v) is 1.56. The average molecular weight is 238 g/mol. The number of nitrogen functional groups attached to an aromatic ring is 1. The maximum absolute atomic E-state index is 10.5. The van der Waals surface area contributed by atoms with Crippen molar-refractivity contribution in [2.45, 2.75) is 25.3 Å². The molecule has 0 amide bonds. The highest BCUT2D eigenvalue weighted by Gasteiger charge is 2.11. The maximum Gasteiger partial charge on any atom is 0.320 e. The zero-order valence-corrected chi connectivity index (χ0v) is 9.85. The van der Waals surface area contributed by atoms with Crippen LogP contribution >= 0.6 is 0 Å². The summed E-state index contributed by atoms with van der Waals surface area (Å²) in [6, 6.07) is 4.69. The summed E-state index contributed by atoms with van der Waals surface area (Å²) in [5.41, 5.74) is 12.9. The fourth-order valence-electron chi connectivity index (χ4n) is 1.56. The normalized spacial score (nSPS) is 12.1. The van der Waals surface area contributed by atoms with E-state index in [1.54, 1.807) is 13.2 Å². The Labute approximate surface area is 100 Å². The number of ether oxygens (including phenoxy) is 1. The molecule has 0 bridgehead atoms. The standard InChI is InChI=1S/C12H18N2O3/c1-17-9-6-5-8(11(14)7-9)3-2-4-10(13)12(15)16/h5-7,10H,2-4,13-14H2,1H3,(H,15,16). The quantitative estimate of drug-likeness (QED) is 0.642. The van der Waals surface area contributed by atoms with Crippen LogP contribution < -0.4 is 16.2 Å². The lowest BCUT2D eigenvalue weighted by Crippen LogP contribution is -2.29. The second kappa shape index (κ2) is 6.10. The van der Waals surface area contributed by atoms with Gasteiger partial charge in [0.15, 0.2) is 0 Å². The topological polar surface area (TPSA) is 98.6 Å². The summed E-state index contributed by atoms with van der Waals surface area (Å²) in [6.07, 6.45) is 1.86. The number of methoxy groups -OCH3 is 1. The molecule has 5 N–H and O–H groups in total. The van der Waals surface area contributed by atoms with Gasteiger partial charge in [-0.3, -0.25) is 4.79 Å². The number of hydrogen-bond acceptors (Lipinski definition) is 4. The van der Waals surface area contributed by atoms with E-state index in [0.29, 0.717) is 24.3 Å². The van der Waals surface area contributed by atoms with Crippen molar-refractivity contribution in [3.05, 3.63) is 23.8 Å². The van der Waals surface area contributed by atoms with Crippen molar-refractivity contribution in [3.8, 4) is 5.75 Å². The second-order valence-corrected chi connectivity index (χ2v) is 3.90. The SMILES string of the molecule is COc1ccc(CCCC(N)C(=O)O)c(N)c1.